The van der Waals surface area contributed by atoms with Crippen LogP contribution in [0.15, 0.2) is 34.1 Å². The molecule has 124 valence electrons. The molecule has 0 saturated carbocycles. The van der Waals surface area contributed by atoms with Crippen molar-refractivity contribution in [3.8, 4) is 0 Å². The standard InChI is InChI=1S/C13H11F3N2O4S/c1-18-12(20)9(6-17-18)11(19)8-4-3-7(13(14,15)16)5-10(8)23(2,21)22/h3-6,17H,1-2H3. The smallest absolute Gasteiger partial charge is 0.302 e. The van der Waals surface area contributed by atoms with Crippen LogP contribution < -0.4 is 5.56 Å². The third-order valence-electron chi connectivity index (χ3n) is 3.14. The van der Waals surface area contributed by atoms with Crippen molar-refractivity contribution in [1.82, 2.24) is 9.78 Å². The summed E-state index contributed by atoms with van der Waals surface area (Å²) in [4.78, 5) is 23.3. The molecule has 0 saturated heterocycles. The Labute approximate surface area is 128 Å². The monoisotopic (exact) mass is 348 g/mol. The van der Waals surface area contributed by atoms with Gasteiger partial charge in [-0.05, 0) is 18.2 Å². The minimum atomic E-state index is -4.76. The molecule has 0 aliphatic rings. The van der Waals surface area contributed by atoms with E-state index in [1.165, 1.54) is 7.05 Å². The number of carbonyl (C=O) groups excluding carboxylic acids is 1. The van der Waals surface area contributed by atoms with Crippen molar-refractivity contribution in [1.29, 1.82) is 0 Å². The highest BCUT2D eigenvalue weighted by atomic mass is 32.2. The van der Waals surface area contributed by atoms with Crippen LogP contribution in [0.5, 0.6) is 0 Å². The molecular formula is C13H11F3N2O4S. The number of halogens is 3. The zero-order chi connectivity index (χ0) is 17.6. The van der Waals surface area contributed by atoms with Crippen LogP contribution in [0.3, 0.4) is 0 Å². The van der Waals surface area contributed by atoms with E-state index in [1.807, 2.05) is 0 Å². The fourth-order valence-electron chi connectivity index (χ4n) is 1.96. The second kappa shape index (κ2) is 5.37. The number of H-pyrrole nitrogens is 1. The molecule has 0 fully saturated rings. The summed E-state index contributed by atoms with van der Waals surface area (Å²) >= 11 is 0. The van der Waals surface area contributed by atoms with E-state index in [0.29, 0.717) is 18.4 Å². The summed E-state index contributed by atoms with van der Waals surface area (Å²) in [6.45, 7) is 0. The first-order valence-corrected chi connectivity index (χ1v) is 8.02. The Morgan fingerprint density at radius 3 is 2.26 bits per heavy atom. The first-order chi connectivity index (χ1) is 10.4. The van der Waals surface area contributed by atoms with Gasteiger partial charge in [-0.3, -0.25) is 14.3 Å². The predicted molar refractivity (Wildman–Crippen MR) is 74.0 cm³/mol. The number of carbonyl (C=O) groups is 1. The van der Waals surface area contributed by atoms with Crippen LogP contribution >= 0.6 is 0 Å². The van der Waals surface area contributed by atoms with E-state index in [4.69, 9.17) is 0 Å². The van der Waals surface area contributed by atoms with Crippen molar-refractivity contribution >= 4 is 15.6 Å². The topological polar surface area (TPSA) is 89.0 Å². The van der Waals surface area contributed by atoms with E-state index in [0.717, 1.165) is 16.9 Å². The number of benzene rings is 1. The van der Waals surface area contributed by atoms with Gasteiger partial charge in [0.1, 0.15) is 5.56 Å². The van der Waals surface area contributed by atoms with E-state index in [-0.39, 0.29) is 5.56 Å². The summed E-state index contributed by atoms with van der Waals surface area (Å²) in [6.07, 6.45) is -3.01. The molecule has 1 N–H and O–H groups in total. The number of rotatable bonds is 3. The Balaban J connectivity index is 2.70. The zero-order valence-corrected chi connectivity index (χ0v) is 12.7. The van der Waals surface area contributed by atoms with Crippen LogP contribution in [0.2, 0.25) is 0 Å². The highest BCUT2D eigenvalue weighted by molar-refractivity contribution is 7.90. The minimum absolute atomic E-state index is 0.364. The third kappa shape index (κ3) is 3.21. The van der Waals surface area contributed by atoms with E-state index in [9.17, 15) is 31.2 Å². The Hall–Kier alpha value is -2.36. The van der Waals surface area contributed by atoms with Crippen LogP contribution in [0, 0.1) is 0 Å². The molecule has 1 heterocycles. The highest BCUT2D eigenvalue weighted by Crippen LogP contribution is 2.32. The van der Waals surface area contributed by atoms with E-state index >= 15 is 0 Å². The number of nitrogens with zero attached hydrogens (tertiary/aromatic N) is 1. The summed E-state index contributed by atoms with van der Waals surface area (Å²) in [5, 5.41) is 2.44. The maximum absolute atomic E-state index is 12.7. The molecule has 1 aromatic heterocycles. The van der Waals surface area contributed by atoms with Gasteiger partial charge in [-0.1, -0.05) is 0 Å². The van der Waals surface area contributed by atoms with Gasteiger partial charge in [0.2, 0.25) is 5.78 Å². The van der Waals surface area contributed by atoms with Gasteiger partial charge in [-0.15, -0.1) is 0 Å². The zero-order valence-electron chi connectivity index (χ0n) is 11.9. The van der Waals surface area contributed by atoms with Gasteiger partial charge in [0.05, 0.1) is 10.5 Å². The van der Waals surface area contributed by atoms with Crippen LogP contribution in [0.1, 0.15) is 21.5 Å². The summed E-state index contributed by atoms with van der Waals surface area (Å²) < 4.78 is 62.7. The van der Waals surface area contributed by atoms with Crippen molar-refractivity contribution in [2.24, 2.45) is 7.05 Å². The lowest BCUT2D eigenvalue weighted by molar-refractivity contribution is -0.137. The van der Waals surface area contributed by atoms with Gasteiger partial charge in [-0.25, -0.2) is 8.42 Å². The number of hydrogen-bond acceptors (Lipinski definition) is 4. The van der Waals surface area contributed by atoms with Crippen molar-refractivity contribution in [2.75, 3.05) is 6.26 Å². The molecule has 0 bridgehead atoms. The van der Waals surface area contributed by atoms with Crippen LogP contribution in [-0.2, 0) is 23.1 Å². The molecule has 6 nitrogen and oxygen atoms in total. The second-order valence-electron chi connectivity index (χ2n) is 4.86. The summed E-state index contributed by atoms with van der Waals surface area (Å²) in [7, 11) is -2.78. The predicted octanol–water partition coefficient (Wildman–Crippen LogP) is 1.37. The first-order valence-electron chi connectivity index (χ1n) is 6.13. The molecule has 2 rings (SSSR count). The molecule has 2 aromatic rings. The average Bonchev–Trinajstić information content (AvgIpc) is 2.75. The molecular weight excluding hydrogens is 337 g/mol. The van der Waals surface area contributed by atoms with Crippen LogP contribution in [0.4, 0.5) is 13.2 Å². The molecule has 0 amide bonds. The lowest BCUT2D eigenvalue weighted by atomic mass is 10.0. The number of alkyl halides is 3. The lowest BCUT2D eigenvalue weighted by Crippen LogP contribution is -2.21. The van der Waals surface area contributed by atoms with Crippen molar-refractivity contribution in [2.45, 2.75) is 11.1 Å². The van der Waals surface area contributed by atoms with Gasteiger partial charge in [0, 0.05) is 25.1 Å². The average molecular weight is 348 g/mol. The molecule has 0 aliphatic carbocycles. The van der Waals surface area contributed by atoms with Gasteiger partial charge < -0.3 is 5.10 Å². The minimum Gasteiger partial charge on any atom is -0.302 e. The van der Waals surface area contributed by atoms with Crippen molar-refractivity contribution in [3.63, 3.8) is 0 Å². The van der Waals surface area contributed by atoms with E-state index < -0.39 is 43.4 Å². The molecule has 0 atom stereocenters. The van der Waals surface area contributed by atoms with Gasteiger partial charge in [0.15, 0.2) is 9.84 Å². The van der Waals surface area contributed by atoms with E-state index in [1.54, 1.807) is 0 Å². The number of nitrogens with one attached hydrogen (secondary N) is 1. The summed E-state index contributed by atoms with van der Waals surface area (Å²) in [5.41, 5.74) is -2.76. The molecule has 23 heavy (non-hydrogen) atoms. The maximum atomic E-state index is 12.7. The van der Waals surface area contributed by atoms with Gasteiger partial charge in [-0.2, -0.15) is 13.2 Å². The van der Waals surface area contributed by atoms with Crippen LogP contribution in [-0.4, -0.2) is 30.2 Å². The molecule has 0 aliphatic heterocycles. The summed E-state index contributed by atoms with van der Waals surface area (Å²) in [6, 6.07) is 1.74. The molecule has 0 radical (unpaired) electrons. The number of aromatic amines is 1. The lowest BCUT2D eigenvalue weighted by Gasteiger charge is -2.11. The Kier molecular flexibility index (Phi) is 3.97. The van der Waals surface area contributed by atoms with Gasteiger partial charge >= 0.3 is 6.18 Å². The maximum Gasteiger partial charge on any atom is 0.416 e. The molecule has 10 heteroatoms. The van der Waals surface area contributed by atoms with Crippen LogP contribution in [0.25, 0.3) is 0 Å². The normalized spacial score (nSPS) is 12.4. The second-order valence-corrected chi connectivity index (χ2v) is 6.85. The molecule has 0 spiro atoms. The highest BCUT2D eigenvalue weighted by Gasteiger charge is 2.33. The Morgan fingerprint density at radius 2 is 1.83 bits per heavy atom. The SMILES string of the molecule is Cn1[nH]cc(C(=O)c2ccc(C(F)(F)F)cc2S(C)(=O)=O)c1=O. The quantitative estimate of drug-likeness (QED) is 0.849. The van der Waals surface area contributed by atoms with Gasteiger partial charge in [0.25, 0.3) is 5.56 Å². The first kappa shape index (κ1) is 17.0. The number of sulfone groups is 1. The Bertz CT molecular complexity index is 939. The fraction of sp³-hybridized carbons (Fsp3) is 0.231. The molecule has 0 unspecified atom stereocenters. The third-order valence-corrected chi connectivity index (χ3v) is 4.27. The largest absolute Gasteiger partial charge is 0.416 e. The summed E-state index contributed by atoms with van der Waals surface area (Å²) in [5.74, 6) is -0.971. The fourth-order valence-corrected chi connectivity index (χ4v) is 2.86. The number of ketones is 1. The number of aromatic nitrogens is 2. The molecule has 1 aromatic carbocycles. The van der Waals surface area contributed by atoms with Crippen molar-refractivity contribution in [3.05, 3.63) is 51.4 Å². The number of hydrogen-bond donors (Lipinski definition) is 1. The Morgan fingerprint density at radius 1 is 1.22 bits per heavy atom. The van der Waals surface area contributed by atoms with E-state index in [2.05, 4.69) is 5.10 Å². The number of aryl methyl sites for hydroxylation is 1. The van der Waals surface area contributed by atoms with Crippen molar-refractivity contribution < 1.29 is 26.4 Å².